The van der Waals surface area contributed by atoms with Crippen LogP contribution in [0, 0.1) is 5.92 Å². The number of aromatic nitrogens is 2. The Kier molecular flexibility index (Phi) is 7.04. The number of aliphatic hydroxyl groups is 3. The molecule has 4 N–H and O–H groups in total. The molecule has 4 atom stereocenters. The Morgan fingerprint density at radius 3 is 2.79 bits per heavy atom. The Hall–Kier alpha value is -2.07. The fourth-order valence-electron chi connectivity index (χ4n) is 4.11. The number of thiophene rings is 1. The lowest BCUT2D eigenvalue weighted by molar-refractivity contribution is 0.0908. The monoisotopic (exact) mass is 507 g/mol. The van der Waals surface area contributed by atoms with E-state index in [1.807, 2.05) is 0 Å². The molecule has 0 saturated heterocycles. The minimum Gasteiger partial charge on any atom is -0.396 e. The normalized spacial score (nSPS) is 22.2. The zero-order valence-electron chi connectivity index (χ0n) is 17.7. The highest BCUT2D eigenvalue weighted by molar-refractivity contribution is 7.18. The van der Waals surface area contributed by atoms with Gasteiger partial charge < -0.3 is 20.6 Å². The summed E-state index contributed by atoms with van der Waals surface area (Å²) < 4.78 is 0.291. The number of hydrogen-bond acceptors (Lipinski definition) is 8. The summed E-state index contributed by atoms with van der Waals surface area (Å²) in [5.74, 6) is -0.204. The van der Waals surface area contributed by atoms with Gasteiger partial charge in [-0.2, -0.15) is 0 Å². The highest BCUT2D eigenvalue weighted by atomic mass is 35.5. The molecule has 1 aliphatic rings. The van der Waals surface area contributed by atoms with Crippen molar-refractivity contribution in [1.29, 1.82) is 0 Å². The van der Waals surface area contributed by atoms with Gasteiger partial charge in [-0.15, -0.1) is 11.3 Å². The number of nitrogens with one attached hydrogen (secondary N) is 1. The van der Waals surface area contributed by atoms with Gasteiger partial charge in [0.15, 0.2) is 0 Å². The molecule has 0 aliphatic heterocycles. The largest absolute Gasteiger partial charge is 0.396 e. The van der Waals surface area contributed by atoms with Gasteiger partial charge in [0.1, 0.15) is 17.7 Å². The van der Waals surface area contributed by atoms with Crippen LogP contribution in [0.15, 0.2) is 42.9 Å². The summed E-state index contributed by atoms with van der Waals surface area (Å²) in [6.45, 7) is 1.50. The Labute approximate surface area is 205 Å². The molecule has 1 unspecified atom stereocenters. The molecule has 0 bridgehead atoms. The summed E-state index contributed by atoms with van der Waals surface area (Å²) >= 11 is 13.6. The molecule has 10 heteroatoms. The molecule has 1 aliphatic carbocycles. The minimum absolute atomic E-state index is 0.0993. The van der Waals surface area contributed by atoms with Crippen molar-refractivity contribution in [2.45, 2.75) is 37.5 Å². The van der Waals surface area contributed by atoms with Crippen LogP contribution >= 0.6 is 34.5 Å². The fraction of sp³-hybridized carbons (Fsp3) is 0.348. The van der Waals surface area contributed by atoms with E-state index in [0.29, 0.717) is 44.0 Å². The van der Waals surface area contributed by atoms with Crippen LogP contribution in [0.25, 0.3) is 0 Å². The molecular weight excluding hydrogens is 485 g/mol. The number of aliphatic hydroxyl groups excluding tert-OH is 2. The molecule has 174 valence electrons. The average Bonchev–Trinajstić information content (AvgIpc) is 3.36. The number of carbonyl (C=O) groups excluding carboxylic acids is 1. The van der Waals surface area contributed by atoms with Crippen LogP contribution in [0.4, 0.5) is 5.82 Å². The molecule has 2 heterocycles. The fourth-order valence-corrected chi connectivity index (χ4v) is 5.73. The van der Waals surface area contributed by atoms with Gasteiger partial charge >= 0.3 is 0 Å². The van der Waals surface area contributed by atoms with E-state index in [2.05, 4.69) is 15.3 Å². The lowest BCUT2D eigenvalue weighted by Crippen LogP contribution is -2.22. The number of hydrogen-bond donors (Lipinski definition) is 4. The lowest BCUT2D eigenvalue weighted by atomic mass is 9.89. The van der Waals surface area contributed by atoms with E-state index in [9.17, 15) is 20.1 Å². The van der Waals surface area contributed by atoms with E-state index >= 15 is 0 Å². The topological polar surface area (TPSA) is 116 Å². The maximum absolute atomic E-state index is 13.3. The molecule has 1 aromatic carbocycles. The van der Waals surface area contributed by atoms with Crippen molar-refractivity contribution in [3.63, 3.8) is 0 Å². The van der Waals surface area contributed by atoms with Crippen molar-refractivity contribution in [2.75, 3.05) is 11.9 Å². The average molecular weight is 508 g/mol. The van der Waals surface area contributed by atoms with E-state index in [1.54, 1.807) is 37.3 Å². The first-order valence-corrected chi connectivity index (χ1v) is 12.0. The van der Waals surface area contributed by atoms with Crippen LogP contribution in [-0.4, -0.2) is 49.8 Å². The molecule has 1 saturated carbocycles. The van der Waals surface area contributed by atoms with E-state index in [0.717, 1.165) is 11.3 Å². The van der Waals surface area contributed by atoms with Crippen molar-refractivity contribution in [3.05, 3.63) is 73.8 Å². The van der Waals surface area contributed by atoms with E-state index in [1.165, 1.54) is 12.5 Å². The molecule has 0 radical (unpaired) electrons. The highest BCUT2D eigenvalue weighted by Crippen LogP contribution is 2.40. The van der Waals surface area contributed by atoms with Crippen LogP contribution in [0.5, 0.6) is 0 Å². The first kappa shape index (κ1) is 24.1. The number of halogens is 2. The summed E-state index contributed by atoms with van der Waals surface area (Å²) in [5.41, 5.74) is -0.246. The van der Waals surface area contributed by atoms with Crippen molar-refractivity contribution < 1.29 is 20.1 Å². The number of benzene rings is 1. The maximum atomic E-state index is 13.3. The second kappa shape index (κ2) is 9.66. The number of anilines is 1. The Morgan fingerprint density at radius 1 is 1.30 bits per heavy atom. The quantitative estimate of drug-likeness (QED) is 0.358. The predicted molar refractivity (Wildman–Crippen MR) is 128 cm³/mol. The zero-order valence-corrected chi connectivity index (χ0v) is 20.0. The molecule has 33 heavy (non-hydrogen) atoms. The third-order valence-electron chi connectivity index (χ3n) is 6.01. The van der Waals surface area contributed by atoms with Crippen molar-refractivity contribution >= 4 is 46.1 Å². The summed E-state index contributed by atoms with van der Waals surface area (Å²) in [6.07, 6.45) is 3.16. The van der Waals surface area contributed by atoms with Crippen molar-refractivity contribution in [3.8, 4) is 0 Å². The first-order chi connectivity index (χ1) is 15.7. The van der Waals surface area contributed by atoms with Crippen molar-refractivity contribution in [2.24, 2.45) is 5.92 Å². The SMILES string of the molecule is CC(O)(c1cccc(Cl)c1)c1cc(C(=O)c2cncnc2N[C@@H]2C[C@H](CO)[C@@H](O)C2)sc1Cl. The van der Waals surface area contributed by atoms with E-state index in [4.69, 9.17) is 23.2 Å². The van der Waals surface area contributed by atoms with Crippen LogP contribution in [0.3, 0.4) is 0 Å². The number of carbonyl (C=O) groups is 1. The Balaban J connectivity index is 1.61. The molecular formula is C23H23Cl2N3O4S. The summed E-state index contributed by atoms with van der Waals surface area (Å²) in [7, 11) is 0. The molecule has 0 amide bonds. The molecule has 1 fully saturated rings. The molecule has 2 aromatic heterocycles. The standard InChI is InChI=1S/C23H23Cl2N3O4S/c1-23(32,13-3-2-4-14(24)6-13)17-8-19(33-21(17)25)20(31)16-9-26-11-27-22(16)28-15-5-12(10-29)18(30)7-15/h2-4,6,8-9,11-12,15,18,29-30,32H,5,7,10H2,1H3,(H,26,27,28)/t12-,15-,18+,23?/m1/s1. The van der Waals surface area contributed by atoms with E-state index < -0.39 is 11.7 Å². The van der Waals surface area contributed by atoms with Gasteiger partial charge in [-0.25, -0.2) is 9.97 Å². The second-order valence-electron chi connectivity index (χ2n) is 8.32. The minimum atomic E-state index is -1.45. The van der Waals surface area contributed by atoms with Gasteiger partial charge in [-0.1, -0.05) is 35.3 Å². The molecule has 3 aromatic rings. The molecule has 0 spiro atoms. The number of ketones is 1. The Morgan fingerprint density at radius 2 is 2.09 bits per heavy atom. The summed E-state index contributed by atoms with van der Waals surface area (Å²) in [5, 5.41) is 34.4. The van der Waals surface area contributed by atoms with Crippen LogP contribution in [0.2, 0.25) is 9.36 Å². The van der Waals surface area contributed by atoms with Crippen LogP contribution < -0.4 is 5.32 Å². The van der Waals surface area contributed by atoms with Crippen molar-refractivity contribution in [1.82, 2.24) is 9.97 Å². The van der Waals surface area contributed by atoms with Gasteiger partial charge in [0.2, 0.25) is 5.78 Å². The van der Waals surface area contributed by atoms with Gasteiger partial charge in [0.05, 0.1) is 20.9 Å². The number of nitrogens with zero attached hydrogens (tertiary/aromatic N) is 2. The third kappa shape index (κ3) is 4.91. The lowest BCUT2D eigenvalue weighted by Gasteiger charge is -2.23. The van der Waals surface area contributed by atoms with Gasteiger partial charge in [0, 0.05) is 35.3 Å². The van der Waals surface area contributed by atoms with Gasteiger partial charge in [-0.3, -0.25) is 4.79 Å². The number of rotatable bonds is 7. The van der Waals surface area contributed by atoms with Gasteiger partial charge in [0.25, 0.3) is 0 Å². The van der Waals surface area contributed by atoms with Gasteiger partial charge in [-0.05, 0) is 43.5 Å². The molecule has 4 rings (SSSR count). The van der Waals surface area contributed by atoms with E-state index in [-0.39, 0.29) is 29.9 Å². The Bertz CT molecular complexity index is 1170. The summed E-state index contributed by atoms with van der Waals surface area (Å²) in [6, 6.07) is 8.28. The smallest absolute Gasteiger partial charge is 0.208 e. The third-order valence-corrected chi connectivity index (χ3v) is 7.60. The predicted octanol–water partition coefficient (Wildman–Crippen LogP) is 3.88. The molecule has 7 nitrogen and oxygen atoms in total. The highest BCUT2D eigenvalue weighted by Gasteiger charge is 2.34. The second-order valence-corrected chi connectivity index (χ2v) is 10.4. The zero-order chi connectivity index (χ0) is 23.8. The summed E-state index contributed by atoms with van der Waals surface area (Å²) in [4.78, 5) is 21.9. The maximum Gasteiger partial charge on any atom is 0.208 e. The first-order valence-electron chi connectivity index (χ1n) is 10.4. The van der Waals surface area contributed by atoms with Crippen LogP contribution in [0.1, 0.15) is 46.1 Å². The van der Waals surface area contributed by atoms with Crippen LogP contribution in [-0.2, 0) is 5.60 Å².